The van der Waals surface area contributed by atoms with Crippen LogP contribution in [0.2, 0.25) is 0 Å². The number of hydrogen-bond donors (Lipinski definition) is 1. The molecule has 0 radical (unpaired) electrons. The van der Waals surface area contributed by atoms with Crippen molar-refractivity contribution in [2.45, 2.75) is 38.4 Å². The third-order valence-electron chi connectivity index (χ3n) is 3.95. The van der Waals surface area contributed by atoms with E-state index in [2.05, 4.69) is 39.3 Å². The van der Waals surface area contributed by atoms with Crippen molar-refractivity contribution in [2.24, 2.45) is 10.8 Å². The minimum absolute atomic E-state index is 0.103. The minimum Gasteiger partial charge on any atom is -0.336 e. The molecule has 1 fully saturated rings. The SMILES string of the molecule is NC1CCCCCN1N1CN(Cc2ccccc2)C=N1. The van der Waals surface area contributed by atoms with Crippen molar-refractivity contribution in [2.75, 3.05) is 13.2 Å². The van der Waals surface area contributed by atoms with Gasteiger partial charge in [-0.05, 0) is 18.4 Å². The first-order valence-electron chi connectivity index (χ1n) is 7.45. The Morgan fingerprint density at radius 1 is 1.15 bits per heavy atom. The van der Waals surface area contributed by atoms with Gasteiger partial charge in [0.25, 0.3) is 0 Å². The van der Waals surface area contributed by atoms with E-state index in [1.54, 1.807) is 0 Å². The largest absolute Gasteiger partial charge is 0.336 e. The van der Waals surface area contributed by atoms with E-state index in [4.69, 9.17) is 5.73 Å². The Balaban J connectivity index is 1.58. The van der Waals surface area contributed by atoms with Gasteiger partial charge in [-0.25, -0.2) is 5.12 Å². The molecular formula is C15H23N5. The molecule has 0 spiro atoms. The molecule has 1 aromatic rings. The van der Waals surface area contributed by atoms with E-state index in [9.17, 15) is 0 Å². The topological polar surface area (TPSA) is 48.1 Å². The quantitative estimate of drug-likeness (QED) is 0.912. The van der Waals surface area contributed by atoms with Crippen LogP contribution in [-0.4, -0.2) is 40.7 Å². The number of benzene rings is 1. The van der Waals surface area contributed by atoms with Gasteiger partial charge in [0.1, 0.15) is 13.0 Å². The van der Waals surface area contributed by atoms with E-state index in [1.807, 2.05) is 17.5 Å². The molecule has 5 heteroatoms. The van der Waals surface area contributed by atoms with Crippen molar-refractivity contribution in [1.29, 1.82) is 0 Å². The van der Waals surface area contributed by atoms with E-state index >= 15 is 0 Å². The van der Waals surface area contributed by atoms with Crippen LogP contribution in [0.4, 0.5) is 0 Å². The van der Waals surface area contributed by atoms with E-state index < -0.39 is 0 Å². The van der Waals surface area contributed by atoms with Crippen LogP contribution in [0.5, 0.6) is 0 Å². The number of nitrogens with two attached hydrogens (primary N) is 1. The molecule has 0 saturated carbocycles. The molecule has 0 aromatic heterocycles. The highest BCUT2D eigenvalue weighted by molar-refractivity contribution is 5.56. The number of nitrogens with zero attached hydrogens (tertiary/aromatic N) is 4. The Morgan fingerprint density at radius 2 is 2.00 bits per heavy atom. The fourth-order valence-electron chi connectivity index (χ4n) is 2.83. The summed E-state index contributed by atoms with van der Waals surface area (Å²) in [6.45, 7) is 2.70. The Kier molecular flexibility index (Phi) is 4.18. The Morgan fingerprint density at radius 3 is 2.85 bits per heavy atom. The van der Waals surface area contributed by atoms with Crippen molar-refractivity contribution >= 4 is 6.34 Å². The lowest BCUT2D eigenvalue weighted by Crippen LogP contribution is -2.50. The molecule has 2 N–H and O–H groups in total. The monoisotopic (exact) mass is 273 g/mol. The molecule has 20 heavy (non-hydrogen) atoms. The van der Waals surface area contributed by atoms with E-state index in [0.717, 1.165) is 26.2 Å². The summed E-state index contributed by atoms with van der Waals surface area (Å²) >= 11 is 0. The van der Waals surface area contributed by atoms with Gasteiger partial charge in [-0.15, -0.1) is 0 Å². The van der Waals surface area contributed by atoms with E-state index in [0.29, 0.717) is 0 Å². The number of rotatable bonds is 3. The van der Waals surface area contributed by atoms with Crippen molar-refractivity contribution in [1.82, 2.24) is 15.0 Å². The number of hydrazone groups is 1. The van der Waals surface area contributed by atoms with E-state index in [1.165, 1.54) is 24.8 Å². The summed E-state index contributed by atoms with van der Waals surface area (Å²) < 4.78 is 0. The summed E-state index contributed by atoms with van der Waals surface area (Å²) in [4.78, 5) is 2.22. The molecule has 2 aliphatic rings. The lowest BCUT2D eigenvalue weighted by molar-refractivity contribution is -0.0646. The molecule has 108 valence electrons. The predicted molar refractivity (Wildman–Crippen MR) is 80.3 cm³/mol. The van der Waals surface area contributed by atoms with Crippen LogP contribution < -0.4 is 5.73 Å². The van der Waals surface area contributed by atoms with Crippen LogP contribution in [0.1, 0.15) is 31.2 Å². The summed E-state index contributed by atoms with van der Waals surface area (Å²) in [7, 11) is 0. The molecule has 5 nitrogen and oxygen atoms in total. The van der Waals surface area contributed by atoms with Crippen LogP contribution in [0.3, 0.4) is 0 Å². The molecule has 1 aromatic carbocycles. The van der Waals surface area contributed by atoms with Gasteiger partial charge in [0.15, 0.2) is 0 Å². The maximum atomic E-state index is 6.25. The zero-order valence-corrected chi connectivity index (χ0v) is 11.9. The molecule has 2 heterocycles. The van der Waals surface area contributed by atoms with Gasteiger partial charge in [-0.3, -0.25) is 0 Å². The first-order chi connectivity index (χ1) is 9.83. The maximum absolute atomic E-state index is 6.25. The van der Waals surface area contributed by atoms with E-state index in [-0.39, 0.29) is 6.17 Å². The van der Waals surface area contributed by atoms with Crippen LogP contribution in [0.15, 0.2) is 35.4 Å². The standard InChI is InChI=1S/C15H23N5/c16-15-9-5-2-6-10-19(15)20-13-18(12-17-20)11-14-7-3-1-4-8-14/h1,3-4,7-8,12,15H,2,5-6,9-11,13,16H2. The molecule has 1 unspecified atom stereocenters. The average Bonchev–Trinajstić information content (AvgIpc) is 2.81. The first kappa shape index (κ1) is 13.4. The molecule has 2 aliphatic heterocycles. The van der Waals surface area contributed by atoms with Crippen molar-refractivity contribution in [3.63, 3.8) is 0 Å². The van der Waals surface area contributed by atoms with Crippen LogP contribution in [0.25, 0.3) is 0 Å². The third-order valence-corrected chi connectivity index (χ3v) is 3.95. The van der Waals surface area contributed by atoms with Crippen LogP contribution in [-0.2, 0) is 6.54 Å². The summed E-state index contributed by atoms with van der Waals surface area (Å²) in [5.74, 6) is 0. The second kappa shape index (κ2) is 6.24. The van der Waals surface area contributed by atoms with Gasteiger partial charge >= 0.3 is 0 Å². The molecule has 3 rings (SSSR count). The van der Waals surface area contributed by atoms with Crippen molar-refractivity contribution in [3.8, 4) is 0 Å². The van der Waals surface area contributed by atoms with Crippen LogP contribution >= 0.6 is 0 Å². The van der Waals surface area contributed by atoms with Gasteiger partial charge in [0.2, 0.25) is 0 Å². The van der Waals surface area contributed by atoms with Gasteiger partial charge in [0, 0.05) is 13.1 Å². The fourth-order valence-corrected chi connectivity index (χ4v) is 2.83. The smallest absolute Gasteiger partial charge is 0.126 e. The lowest BCUT2D eigenvalue weighted by atomic mass is 10.2. The molecule has 1 atom stereocenters. The second-order valence-corrected chi connectivity index (χ2v) is 5.56. The van der Waals surface area contributed by atoms with Crippen molar-refractivity contribution in [3.05, 3.63) is 35.9 Å². The Bertz CT molecular complexity index is 447. The highest BCUT2D eigenvalue weighted by Crippen LogP contribution is 2.18. The predicted octanol–water partition coefficient (Wildman–Crippen LogP) is 1.78. The number of hydrogen-bond acceptors (Lipinski definition) is 5. The van der Waals surface area contributed by atoms with Gasteiger partial charge in [0.05, 0.1) is 6.17 Å². The van der Waals surface area contributed by atoms with Gasteiger partial charge in [-0.2, -0.15) is 10.1 Å². The van der Waals surface area contributed by atoms with Crippen molar-refractivity contribution < 1.29 is 0 Å². The Hall–Kier alpha value is -1.59. The summed E-state index contributed by atoms with van der Waals surface area (Å²) in [6.07, 6.45) is 6.79. The zero-order valence-electron chi connectivity index (χ0n) is 11.9. The molecular weight excluding hydrogens is 250 g/mol. The Labute approximate surface area is 120 Å². The third kappa shape index (κ3) is 3.11. The van der Waals surface area contributed by atoms with Gasteiger partial charge < -0.3 is 10.6 Å². The number of hydrazine groups is 1. The zero-order chi connectivity index (χ0) is 13.8. The lowest BCUT2D eigenvalue weighted by Gasteiger charge is -2.34. The van der Waals surface area contributed by atoms with Gasteiger partial charge in [-0.1, -0.05) is 43.2 Å². The molecule has 0 amide bonds. The molecule has 1 saturated heterocycles. The fraction of sp³-hybridized carbons (Fsp3) is 0.533. The summed E-state index contributed by atoms with van der Waals surface area (Å²) in [5, 5.41) is 8.75. The van der Waals surface area contributed by atoms with Crippen LogP contribution in [0, 0.1) is 0 Å². The summed E-state index contributed by atoms with van der Waals surface area (Å²) in [5.41, 5.74) is 7.56. The molecule has 0 aliphatic carbocycles. The normalized spacial score (nSPS) is 24.1. The molecule has 0 bridgehead atoms. The second-order valence-electron chi connectivity index (χ2n) is 5.56. The highest BCUT2D eigenvalue weighted by atomic mass is 15.8. The first-order valence-corrected chi connectivity index (χ1v) is 7.45. The highest BCUT2D eigenvalue weighted by Gasteiger charge is 2.26. The minimum atomic E-state index is 0.103. The maximum Gasteiger partial charge on any atom is 0.126 e. The average molecular weight is 273 g/mol. The summed E-state index contributed by atoms with van der Waals surface area (Å²) in [6, 6.07) is 10.5.